The highest BCUT2D eigenvalue weighted by atomic mass is 15.2. The number of rotatable bonds is 5. The Morgan fingerprint density at radius 2 is 2.00 bits per heavy atom. The van der Waals surface area contributed by atoms with E-state index in [9.17, 15) is 0 Å². The maximum atomic E-state index is 4.48. The van der Waals surface area contributed by atoms with Gasteiger partial charge in [-0.2, -0.15) is 0 Å². The van der Waals surface area contributed by atoms with E-state index in [4.69, 9.17) is 0 Å². The van der Waals surface area contributed by atoms with Crippen LogP contribution in [0.1, 0.15) is 45.9 Å². The molecule has 1 heterocycles. The van der Waals surface area contributed by atoms with Gasteiger partial charge in [-0.3, -0.25) is 0 Å². The second-order valence-corrected chi connectivity index (χ2v) is 4.82. The lowest BCUT2D eigenvalue weighted by Gasteiger charge is -2.13. The molecule has 0 spiro atoms. The van der Waals surface area contributed by atoms with Crippen LogP contribution in [0.2, 0.25) is 0 Å². The Kier molecular flexibility index (Phi) is 4.18. The molecule has 0 bridgehead atoms. The van der Waals surface area contributed by atoms with Gasteiger partial charge in [0, 0.05) is 18.8 Å². The summed E-state index contributed by atoms with van der Waals surface area (Å²) < 4.78 is 2.19. The zero-order chi connectivity index (χ0) is 11.4. The van der Waals surface area contributed by atoms with E-state index in [1.54, 1.807) is 0 Å². The number of nitrogens with one attached hydrogen (secondary N) is 1. The second-order valence-electron chi connectivity index (χ2n) is 4.82. The molecule has 0 aliphatic rings. The van der Waals surface area contributed by atoms with Gasteiger partial charge < -0.3 is 9.88 Å². The van der Waals surface area contributed by atoms with E-state index >= 15 is 0 Å². The van der Waals surface area contributed by atoms with Gasteiger partial charge in [0.2, 0.25) is 5.95 Å². The number of hydrogen-bond acceptors (Lipinski definition) is 2. The minimum Gasteiger partial charge on any atom is -0.356 e. The Bertz CT molecular complexity index is 300. The molecule has 15 heavy (non-hydrogen) atoms. The lowest BCUT2D eigenvalue weighted by molar-refractivity contribution is 0.586. The van der Waals surface area contributed by atoms with Crippen LogP contribution >= 0.6 is 0 Å². The third-order valence-electron chi connectivity index (χ3n) is 2.41. The average Bonchev–Trinajstić information content (AvgIpc) is 2.46. The van der Waals surface area contributed by atoms with Gasteiger partial charge in [0.05, 0.1) is 5.69 Å². The van der Waals surface area contributed by atoms with Crippen molar-refractivity contribution in [1.82, 2.24) is 9.55 Å². The molecule has 0 radical (unpaired) electrons. The molecule has 0 fully saturated rings. The summed E-state index contributed by atoms with van der Waals surface area (Å²) in [6.45, 7) is 11.9. The topological polar surface area (TPSA) is 29.9 Å². The summed E-state index contributed by atoms with van der Waals surface area (Å²) in [4.78, 5) is 4.48. The van der Waals surface area contributed by atoms with Gasteiger partial charge in [-0.15, -0.1) is 0 Å². The van der Waals surface area contributed by atoms with Crippen LogP contribution in [-0.4, -0.2) is 16.1 Å². The van der Waals surface area contributed by atoms with Gasteiger partial charge in [0.25, 0.3) is 0 Å². The van der Waals surface area contributed by atoms with Crippen LogP contribution in [0.4, 0.5) is 5.95 Å². The van der Waals surface area contributed by atoms with Crippen LogP contribution in [0, 0.1) is 12.8 Å². The third kappa shape index (κ3) is 3.57. The number of aryl methyl sites for hydroxylation is 1. The first kappa shape index (κ1) is 12.1. The van der Waals surface area contributed by atoms with Crippen LogP contribution in [0.5, 0.6) is 0 Å². The normalized spacial score (nSPS) is 11.4. The molecule has 0 aliphatic heterocycles. The van der Waals surface area contributed by atoms with Crippen LogP contribution in [0.15, 0.2) is 6.20 Å². The van der Waals surface area contributed by atoms with E-state index in [1.807, 2.05) is 6.92 Å². The van der Waals surface area contributed by atoms with E-state index in [2.05, 4.69) is 48.8 Å². The van der Waals surface area contributed by atoms with E-state index in [-0.39, 0.29) is 0 Å². The predicted molar refractivity (Wildman–Crippen MR) is 65.3 cm³/mol. The van der Waals surface area contributed by atoms with Crippen molar-refractivity contribution in [2.24, 2.45) is 5.92 Å². The Balaban J connectivity index is 2.59. The molecule has 3 heteroatoms. The molecule has 86 valence electrons. The van der Waals surface area contributed by atoms with E-state index < -0.39 is 0 Å². The fraction of sp³-hybridized carbons (Fsp3) is 0.750. The number of hydrogen-bond donors (Lipinski definition) is 1. The fourth-order valence-electron chi connectivity index (χ4n) is 1.51. The number of imidazole rings is 1. The second kappa shape index (κ2) is 5.19. The third-order valence-corrected chi connectivity index (χ3v) is 2.41. The lowest BCUT2D eigenvalue weighted by atomic mass is 10.1. The molecule has 0 saturated carbocycles. The van der Waals surface area contributed by atoms with Gasteiger partial charge >= 0.3 is 0 Å². The van der Waals surface area contributed by atoms with Gasteiger partial charge in [-0.1, -0.05) is 13.8 Å². The standard InChI is InChI=1S/C12H23N3/c1-9(2)6-7-13-12-14-11(5)8-15(12)10(3)4/h8-10H,6-7H2,1-5H3,(H,13,14). The van der Waals surface area contributed by atoms with Crippen molar-refractivity contribution in [3.05, 3.63) is 11.9 Å². The minimum absolute atomic E-state index is 0.466. The van der Waals surface area contributed by atoms with Crippen molar-refractivity contribution < 1.29 is 0 Å². The molecule has 1 rings (SSSR count). The van der Waals surface area contributed by atoms with E-state index in [0.29, 0.717) is 6.04 Å². The summed E-state index contributed by atoms with van der Waals surface area (Å²) in [6.07, 6.45) is 3.28. The summed E-state index contributed by atoms with van der Waals surface area (Å²) >= 11 is 0. The van der Waals surface area contributed by atoms with Crippen molar-refractivity contribution in [3.8, 4) is 0 Å². The average molecular weight is 209 g/mol. The number of anilines is 1. The summed E-state index contributed by atoms with van der Waals surface area (Å²) in [5, 5.41) is 3.40. The fourth-order valence-corrected chi connectivity index (χ4v) is 1.51. The van der Waals surface area contributed by atoms with Gasteiger partial charge in [-0.25, -0.2) is 4.98 Å². The van der Waals surface area contributed by atoms with E-state index in [0.717, 1.165) is 24.1 Å². The first-order chi connectivity index (χ1) is 7.00. The molecule has 3 nitrogen and oxygen atoms in total. The highest BCUT2D eigenvalue weighted by Crippen LogP contribution is 2.15. The SMILES string of the molecule is Cc1cn(C(C)C)c(NCCC(C)C)n1. The monoisotopic (exact) mass is 209 g/mol. The lowest BCUT2D eigenvalue weighted by Crippen LogP contribution is -2.11. The molecule has 0 amide bonds. The Morgan fingerprint density at radius 3 is 2.53 bits per heavy atom. The van der Waals surface area contributed by atoms with Crippen molar-refractivity contribution in [1.29, 1.82) is 0 Å². The van der Waals surface area contributed by atoms with Crippen molar-refractivity contribution in [2.45, 2.75) is 47.1 Å². The van der Waals surface area contributed by atoms with Crippen LogP contribution < -0.4 is 5.32 Å². The summed E-state index contributed by atoms with van der Waals surface area (Å²) in [6, 6.07) is 0.466. The summed E-state index contributed by atoms with van der Waals surface area (Å²) in [7, 11) is 0. The molecule has 0 saturated heterocycles. The Labute approximate surface area is 92.9 Å². The summed E-state index contributed by atoms with van der Waals surface area (Å²) in [5.41, 5.74) is 1.08. The molecular weight excluding hydrogens is 186 g/mol. The number of nitrogens with zero attached hydrogens (tertiary/aromatic N) is 2. The molecule has 0 aliphatic carbocycles. The Hall–Kier alpha value is -0.990. The zero-order valence-electron chi connectivity index (χ0n) is 10.5. The largest absolute Gasteiger partial charge is 0.356 e. The molecule has 0 unspecified atom stereocenters. The maximum Gasteiger partial charge on any atom is 0.203 e. The minimum atomic E-state index is 0.466. The van der Waals surface area contributed by atoms with E-state index in [1.165, 1.54) is 6.42 Å². The predicted octanol–water partition coefficient (Wildman–Crippen LogP) is 3.23. The number of aromatic nitrogens is 2. The molecule has 1 N–H and O–H groups in total. The molecular formula is C12H23N3. The van der Waals surface area contributed by atoms with Crippen molar-refractivity contribution in [2.75, 3.05) is 11.9 Å². The smallest absolute Gasteiger partial charge is 0.203 e. The quantitative estimate of drug-likeness (QED) is 0.807. The van der Waals surface area contributed by atoms with Gasteiger partial charge in [0.1, 0.15) is 0 Å². The van der Waals surface area contributed by atoms with Crippen LogP contribution in [0.3, 0.4) is 0 Å². The van der Waals surface area contributed by atoms with Gasteiger partial charge in [-0.05, 0) is 33.1 Å². The maximum absolute atomic E-state index is 4.48. The molecule has 1 aromatic heterocycles. The molecule has 1 aromatic rings. The van der Waals surface area contributed by atoms with Crippen molar-refractivity contribution >= 4 is 5.95 Å². The highest BCUT2D eigenvalue weighted by molar-refractivity contribution is 5.29. The first-order valence-electron chi connectivity index (χ1n) is 5.80. The molecule has 0 aromatic carbocycles. The van der Waals surface area contributed by atoms with Gasteiger partial charge in [0.15, 0.2) is 0 Å². The van der Waals surface area contributed by atoms with Crippen molar-refractivity contribution in [3.63, 3.8) is 0 Å². The molecule has 0 atom stereocenters. The highest BCUT2D eigenvalue weighted by Gasteiger charge is 2.07. The first-order valence-corrected chi connectivity index (χ1v) is 5.80. The zero-order valence-corrected chi connectivity index (χ0v) is 10.5. The van der Waals surface area contributed by atoms with Crippen LogP contribution in [-0.2, 0) is 0 Å². The van der Waals surface area contributed by atoms with Crippen LogP contribution in [0.25, 0.3) is 0 Å². The Morgan fingerprint density at radius 1 is 1.33 bits per heavy atom. The summed E-state index contributed by atoms with van der Waals surface area (Å²) in [5.74, 6) is 1.74.